The van der Waals surface area contributed by atoms with Gasteiger partial charge in [0.25, 0.3) is 11.5 Å². The first-order valence-corrected chi connectivity index (χ1v) is 8.49. The third-order valence-corrected chi connectivity index (χ3v) is 4.58. The Morgan fingerprint density at radius 2 is 1.92 bits per heavy atom. The van der Waals surface area contributed by atoms with Crippen LogP contribution in [0, 0.1) is 0 Å². The number of pyridine rings is 1. The number of aliphatic hydroxyl groups excluding tert-OH is 1. The lowest BCUT2D eigenvalue weighted by Crippen LogP contribution is -2.55. The van der Waals surface area contributed by atoms with Gasteiger partial charge in [0, 0.05) is 25.7 Å². The summed E-state index contributed by atoms with van der Waals surface area (Å²) in [6.45, 7) is 2.07. The Morgan fingerprint density at radius 3 is 2.54 bits per heavy atom. The van der Waals surface area contributed by atoms with Gasteiger partial charge in [0.05, 0.1) is 12.1 Å². The van der Waals surface area contributed by atoms with Gasteiger partial charge in [0.15, 0.2) is 0 Å². The minimum Gasteiger partial charge on any atom is -0.389 e. The van der Waals surface area contributed by atoms with E-state index in [1.807, 2.05) is 30.3 Å². The summed E-state index contributed by atoms with van der Waals surface area (Å²) < 4.78 is 0. The first-order chi connectivity index (χ1) is 12.5. The molecule has 1 aromatic carbocycles. The van der Waals surface area contributed by atoms with Crippen molar-refractivity contribution >= 4 is 11.8 Å². The van der Waals surface area contributed by atoms with Gasteiger partial charge in [0.1, 0.15) is 5.56 Å². The number of β-amino-alcohol motifs (C(OH)–C–C–N with tert-alkyl or cyclic N) is 1. The average Bonchev–Trinajstić information content (AvgIpc) is 2.63. The first kappa shape index (κ1) is 17.9. The Morgan fingerprint density at radius 1 is 1.19 bits per heavy atom. The van der Waals surface area contributed by atoms with Gasteiger partial charge >= 0.3 is 0 Å². The highest BCUT2D eigenvalue weighted by Crippen LogP contribution is 2.15. The molecule has 2 atom stereocenters. The molecule has 3 rings (SSSR count). The van der Waals surface area contributed by atoms with Gasteiger partial charge in [-0.05, 0) is 24.1 Å². The largest absolute Gasteiger partial charge is 0.389 e. The molecule has 2 heterocycles. The van der Waals surface area contributed by atoms with Gasteiger partial charge in [0.2, 0.25) is 5.91 Å². The molecule has 3 N–H and O–H groups in total. The molecule has 2 amide bonds. The Bertz CT molecular complexity index is 863. The van der Waals surface area contributed by atoms with Gasteiger partial charge in [-0.2, -0.15) is 0 Å². The molecule has 0 spiro atoms. The van der Waals surface area contributed by atoms with E-state index in [-0.39, 0.29) is 18.0 Å². The molecule has 1 aliphatic rings. The second-order valence-corrected chi connectivity index (χ2v) is 6.38. The van der Waals surface area contributed by atoms with Crippen LogP contribution >= 0.6 is 0 Å². The quantitative estimate of drug-likeness (QED) is 0.756. The predicted molar refractivity (Wildman–Crippen MR) is 96.6 cm³/mol. The van der Waals surface area contributed by atoms with Gasteiger partial charge in [-0.3, -0.25) is 14.4 Å². The molecule has 0 saturated carbocycles. The fourth-order valence-corrected chi connectivity index (χ4v) is 3.07. The van der Waals surface area contributed by atoms with E-state index in [0.29, 0.717) is 18.7 Å². The third-order valence-electron chi connectivity index (χ3n) is 4.58. The molecule has 0 unspecified atom stereocenters. The molecule has 0 aliphatic carbocycles. The van der Waals surface area contributed by atoms with Crippen LogP contribution in [0.4, 0.5) is 0 Å². The van der Waals surface area contributed by atoms with E-state index in [4.69, 9.17) is 0 Å². The zero-order valence-corrected chi connectivity index (χ0v) is 14.4. The van der Waals surface area contributed by atoms with Gasteiger partial charge in [-0.1, -0.05) is 30.3 Å². The summed E-state index contributed by atoms with van der Waals surface area (Å²) in [5.74, 6) is -0.645. The van der Waals surface area contributed by atoms with Crippen molar-refractivity contribution in [2.24, 2.45) is 0 Å². The second kappa shape index (κ2) is 7.53. The van der Waals surface area contributed by atoms with E-state index in [1.54, 1.807) is 6.07 Å². The summed E-state index contributed by atoms with van der Waals surface area (Å²) in [5, 5.41) is 12.8. The van der Waals surface area contributed by atoms with Crippen molar-refractivity contribution in [3.8, 4) is 11.3 Å². The van der Waals surface area contributed by atoms with Crippen molar-refractivity contribution in [1.29, 1.82) is 0 Å². The zero-order chi connectivity index (χ0) is 18.7. The van der Waals surface area contributed by atoms with Gasteiger partial charge in [-0.25, -0.2) is 0 Å². The summed E-state index contributed by atoms with van der Waals surface area (Å²) in [7, 11) is 0. The number of aromatic amines is 1. The maximum Gasteiger partial charge on any atom is 0.261 e. The number of rotatable bonds is 3. The topological polar surface area (TPSA) is 103 Å². The lowest BCUT2D eigenvalue weighted by atomic mass is 10.0. The molecule has 7 heteroatoms. The molecule has 1 saturated heterocycles. The molecular weight excluding hydrogens is 334 g/mol. The van der Waals surface area contributed by atoms with E-state index < -0.39 is 23.6 Å². The maximum absolute atomic E-state index is 12.4. The van der Waals surface area contributed by atoms with E-state index in [1.165, 1.54) is 17.9 Å². The second-order valence-electron chi connectivity index (χ2n) is 6.38. The number of hydrogen-bond acceptors (Lipinski definition) is 4. The van der Waals surface area contributed by atoms with E-state index in [0.717, 1.165) is 5.56 Å². The predicted octanol–water partition coefficient (Wildman–Crippen LogP) is 0.753. The molecular formula is C19H21N3O4. The number of carbonyl (C=O) groups excluding carboxylic acids is 2. The van der Waals surface area contributed by atoms with Crippen molar-refractivity contribution in [3.63, 3.8) is 0 Å². The SMILES string of the molecule is CC(=O)N1CC[C@@H](NC(=O)c2ccc(-c3ccccc3)[nH]c2=O)[C@H](O)C1. The number of benzene rings is 1. The minimum atomic E-state index is -0.862. The summed E-state index contributed by atoms with van der Waals surface area (Å²) in [4.78, 5) is 40.3. The number of nitrogens with zero attached hydrogens (tertiary/aromatic N) is 1. The Kier molecular flexibility index (Phi) is 5.18. The monoisotopic (exact) mass is 355 g/mol. The fraction of sp³-hybridized carbons (Fsp3) is 0.316. The average molecular weight is 355 g/mol. The van der Waals surface area contributed by atoms with E-state index in [9.17, 15) is 19.5 Å². The van der Waals surface area contributed by atoms with Crippen LogP contribution in [0.3, 0.4) is 0 Å². The van der Waals surface area contributed by atoms with Gasteiger partial charge in [-0.15, -0.1) is 0 Å². The molecule has 1 aromatic heterocycles. The third kappa shape index (κ3) is 3.83. The normalized spacial score (nSPS) is 19.8. The molecule has 2 aromatic rings. The number of carbonyl (C=O) groups is 2. The van der Waals surface area contributed by atoms with Crippen LogP contribution in [-0.2, 0) is 4.79 Å². The Hall–Kier alpha value is -2.93. The number of nitrogens with one attached hydrogen (secondary N) is 2. The standard InChI is InChI=1S/C19H21N3O4/c1-12(23)22-10-9-16(17(24)11-22)21-19(26)14-7-8-15(20-18(14)25)13-5-3-2-4-6-13/h2-8,16-17,24H,9-11H2,1H3,(H,20,25)(H,21,26)/t16-,17-/m1/s1. The summed E-state index contributed by atoms with van der Waals surface area (Å²) in [6, 6.07) is 12.0. The zero-order valence-electron chi connectivity index (χ0n) is 14.4. The number of aliphatic hydroxyl groups is 1. The Labute approximate surface area is 150 Å². The fourth-order valence-electron chi connectivity index (χ4n) is 3.07. The number of hydrogen-bond donors (Lipinski definition) is 3. The van der Waals surface area contributed by atoms with Crippen LogP contribution in [0.2, 0.25) is 0 Å². The highest BCUT2D eigenvalue weighted by Gasteiger charge is 2.30. The smallest absolute Gasteiger partial charge is 0.261 e. The number of aromatic nitrogens is 1. The molecule has 7 nitrogen and oxygen atoms in total. The van der Waals surface area contributed by atoms with Crippen molar-refractivity contribution < 1.29 is 14.7 Å². The Balaban J connectivity index is 1.71. The minimum absolute atomic E-state index is 0.00845. The number of piperidine rings is 1. The van der Waals surface area contributed by atoms with Gasteiger partial charge < -0.3 is 20.3 Å². The van der Waals surface area contributed by atoms with Crippen LogP contribution in [0.5, 0.6) is 0 Å². The van der Waals surface area contributed by atoms with Crippen LogP contribution in [-0.4, -0.2) is 52.0 Å². The number of amides is 2. The molecule has 1 aliphatic heterocycles. The lowest BCUT2D eigenvalue weighted by Gasteiger charge is -2.35. The lowest BCUT2D eigenvalue weighted by molar-refractivity contribution is -0.132. The molecule has 136 valence electrons. The summed E-state index contributed by atoms with van der Waals surface area (Å²) in [6.07, 6.45) is -0.425. The van der Waals surface area contributed by atoms with E-state index in [2.05, 4.69) is 10.3 Å². The van der Waals surface area contributed by atoms with Crippen molar-refractivity contribution in [1.82, 2.24) is 15.2 Å². The highest BCUT2D eigenvalue weighted by atomic mass is 16.3. The van der Waals surface area contributed by atoms with Crippen molar-refractivity contribution in [2.75, 3.05) is 13.1 Å². The summed E-state index contributed by atoms with van der Waals surface area (Å²) in [5.41, 5.74) is 0.982. The maximum atomic E-state index is 12.4. The number of H-pyrrole nitrogens is 1. The molecule has 0 bridgehead atoms. The van der Waals surface area contributed by atoms with Crippen molar-refractivity contribution in [3.05, 3.63) is 58.4 Å². The van der Waals surface area contributed by atoms with E-state index >= 15 is 0 Å². The molecule has 0 radical (unpaired) electrons. The van der Waals surface area contributed by atoms with Crippen LogP contribution < -0.4 is 10.9 Å². The number of likely N-dealkylation sites (tertiary alicyclic amines) is 1. The van der Waals surface area contributed by atoms with Crippen molar-refractivity contribution in [2.45, 2.75) is 25.5 Å². The van der Waals surface area contributed by atoms with Crippen LogP contribution in [0.1, 0.15) is 23.7 Å². The highest BCUT2D eigenvalue weighted by molar-refractivity contribution is 5.94. The molecule has 1 fully saturated rings. The molecule has 26 heavy (non-hydrogen) atoms. The van der Waals surface area contributed by atoms with Crippen LogP contribution in [0.15, 0.2) is 47.3 Å². The first-order valence-electron chi connectivity index (χ1n) is 8.49. The van der Waals surface area contributed by atoms with Crippen LogP contribution in [0.25, 0.3) is 11.3 Å². The summed E-state index contributed by atoms with van der Waals surface area (Å²) >= 11 is 0.